The molecule has 1 saturated carbocycles. The molecule has 1 fully saturated rings. The van der Waals surface area contributed by atoms with Crippen molar-refractivity contribution in [3.8, 4) is 0 Å². The molecule has 0 radical (unpaired) electrons. The van der Waals surface area contributed by atoms with Gasteiger partial charge in [-0.2, -0.15) is 0 Å². The zero-order chi connectivity index (χ0) is 6.15. The van der Waals surface area contributed by atoms with Crippen LogP contribution in [0.4, 0.5) is 4.39 Å². The first-order valence-corrected chi connectivity index (χ1v) is 3.34. The van der Waals surface area contributed by atoms with Gasteiger partial charge in [-0.15, -0.1) is 0 Å². The topological polar surface area (TPSA) is 0 Å². The van der Waals surface area contributed by atoms with Crippen molar-refractivity contribution in [3.05, 3.63) is 0 Å². The molecule has 1 aliphatic rings. The predicted octanol–water partition coefficient (Wildman–Crippen LogP) is 2.39. The molecule has 0 nitrogen and oxygen atoms in total. The fourth-order valence-electron chi connectivity index (χ4n) is 1.06. The second-order valence-electron chi connectivity index (χ2n) is 3.14. The van der Waals surface area contributed by atoms with Gasteiger partial charge in [-0.1, -0.05) is 13.8 Å². The lowest BCUT2D eigenvalue weighted by atomic mass is 10.1. The minimum atomic E-state index is -0.447. The summed E-state index contributed by atoms with van der Waals surface area (Å²) in [6, 6.07) is 0. The molecule has 0 saturated heterocycles. The molecule has 0 spiro atoms. The van der Waals surface area contributed by atoms with Crippen LogP contribution in [0.5, 0.6) is 0 Å². The Bertz CT molecular complexity index is 78.5. The van der Waals surface area contributed by atoms with Crippen LogP contribution in [0.15, 0.2) is 0 Å². The average Bonchev–Trinajstić information content (AvgIpc) is 2.17. The molecule has 0 aliphatic heterocycles. The van der Waals surface area contributed by atoms with Crippen LogP contribution in [0.3, 0.4) is 0 Å². The molecule has 0 amide bonds. The second kappa shape index (κ2) is 2.04. The molecule has 0 aromatic rings. The zero-order valence-electron chi connectivity index (χ0n) is 5.52. The van der Waals surface area contributed by atoms with Crippen LogP contribution in [0.25, 0.3) is 0 Å². The van der Waals surface area contributed by atoms with Gasteiger partial charge in [0.15, 0.2) is 0 Å². The maximum absolute atomic E-state index is 12.1. The molecule has 1 heteroatoms. The number of halogens is 1. The van der Waals surface area contributed by atoms with Crippen molar-refractivity contribution in [1.82, 2.24) is 0 Å². The highest BCUT2D eigenvalue weighted by atomic mass is 19.1. The number of rotatable bonds is 2. The molecule has 0 heterocycles. The maximum Gasteiger partial charge on any atom is 0.103 e. The molecule has 0 aromatic heterocycles. The molecule has 1 aliphatic carbocycles. The second-order valence-corrected chi connectivity index (χ2v) is 3.14. The third-order valence-electron chi connectivity index (χ3n) is 1.61. The van der Waals surface area contributed by atoms with E-state index >= 15 is 0 Å². The Hall–Kier alpha value is -0.0700. The van der Waals surface area contributed by atoms with E-state index in [2.05, 4.69) is 13.8 Å². The quantitative estimate of drug-likeness (QED) is 0.519. The summed E-state index contributed by atoms with van der Waals surface area (Å²) in [6.07, 6.45) is 1.47. The van der Waals surface area contributed by atoms with E-state index in [0.29, 0.717) is 11.8 Å². The van der Waals surface area contributed by atoms with Gasteiger partial charge in [-0.3, -0.25) is 0 Å². The predicted molar refractivity (Wildman–Crippen MR) is 32.5 cm³/mol. The molecular weight excluding hydrogens is 103 g/mol. The van der Waals surface area contributed by atoms with E-state index in [1.807, 2.05) is 0 Å². The van der Waals surface area contributed by atoms with E-state index in [0.717, 1.165) is 12.8 Å². The van der Waals surface area contributed by atoms with Gasteiger partial charge in [0, 0.05) is 0 Å². The molecule has 1 rings (SSSR count). The average molecular weight is 116 g/mol. The van der Waals surface area contributed by atoms with Crippen molar-refractivity contribution in [2.75, 3.05) is 0 Å². The van der Waals surface area contributed by atoms with E-state index in [-0.39, 0.29) is 0 Å². The lowest BCUT2D eigenvalue weighted by Gasteiger charge is -1.98. The highest BCUT2D eigenvalue weighted by Crippen LogP contribution is 2.38. The van der Waals surface area contributed by atoms with E-state index in [1.165, 1.54) is 0 Å². The monoisotopic (exact) mass is 116 g/mol. The molecule has 0 aromatic carbocycles. The SMILES string of the molecule is CC(C)CC1CC1F. The summed E-state index contributed by atoms with van der Waals surface area (Å²) in [5.74, 6) is 1.11. The Labute approximate surface area is 50.1 Å². The Morgan fingerprint density at radius 2 is 2.12 bits per heavy atom. The number of alkyl halides is 1. The number of hydrogen-bond donors (Lipinski definition) is 0. The van der Waals surface area contributed by atoms with Crippen LogP contribution in [-0.4, -0.2) is 6.17 Å². The van der Waals surface area contributed by atoms with Crippen LogP contribution in [-0.2, 0) is 0 Å². The van der Waals surface area contributed by atoms with Crippen molar-refractivity contribution in [2.45, 2.75) is 32.9 Å². The van der Waals surface area contributed by atoms with Crippen LogP contribution in [0.2, 0.25) is 0 Å². The standard InChI is InChI=1S/C7H13F/c1-5(2)3-6-4-7(6)8/h5-7H,3-4H2,1-2H3. The first kappa shape index (κ1) is 6.06. The Balaban J connectivity index is 2.05. The summed E-state index contributed by atoms with van der Waals surface area (Å²) in [7, 11) is 0. The molecule has 0 N–H and O–H groups in total. The summed E-state index contributed by atoms with van der Waals surface area (Å²) in [6.45, 7) is 4.29. The van der Waals surface area contributed by atoms with Crippen LogP contribution in [0, 0.1) is 11.8 Å². The van der Waals surface area contributed by atoms with Gasteiger partial charge >= 0.3 is 0 Å². The first-order chi connectivity index (χ1) is 3.70. The lowest BCUT2D eigenvalue weighted by molar-refractivity contribution is 0.413. The van der Waals surface area contributed by atoms with E-state index in [4.69, 9.17) is 0 Å². The molecule has 0 bridgehead atoms. The highest BCUT2D eigenvalue weighted by Gasteiger charge is 2.37. The van der Waals surface area contributed by atoms with Crippen molar-refractivity contribution < 1.29 is 4.39 Å². The van der Waals surface area contributed by atoms with Gasteiger partial charge in [0.05, 0.1) is 0 Å². The third kappa shape index (κ3) is 1.46. The van der Waals surface area contributed by atoms with Gasteiger partial charge in [0.1, 0.15) is 6.17 Å². The van der Waals surface area contributed by atoms with E-state index in [1.54, 1.807) is 0 Å². The third-order valence-corrected chi connectivity index (χ3v) is 1.61. The van der Waals surface area contributed by atoms with Crippen molar-refractivity contribution in [1.29, 1.82) is 0 Å². The summed E-state index contributed by atoms with van der Waals surface area (Å²) < 4.78 is 12.1. The lowest BCUT2D eigenvalue weighted by Crippen LogP contribution is -1.89. The van der Waals surface area contributed by atoms with Crippen molar-refractivity contribution in [3.63, 3.8) is 0 Å². The van der Waals surface area contributed by atoms with E-state index < -0.39 is 6.17 Å². The minimum Gasteiger partial charge on any atom is -0.247 e. The van der Waals surface area contributed by atoms with Crippen LogP contribution >= 0.6 is 0 Å². The van der Waals surface area contributed by atoms with Crippen molar-refractivity contribution >= 4 is 0 Å². The maximum atomic E-state index is 12.1. The van der Waals surface area contributed by atoms with Gasteiger partial charge < -0.3 is 0 Å². The molecule has 48 valence electrons. The van der Waals surface area contributed by atoms with Crippen molar-refractivity contribution in [2.24, 2.45) is 11.8 Å². The Morgan fingerprint density at radius 1 is 1.62 bits per heavy atom. The van der Waals surface area contributed by atoms with Crippen LogP contribution < -0.4 is 0 Å². The molecule has 8 heavy (non-hydrogen) atoms. The fraction of sp³-hybridized carbons (Fsp3) is 1.00. The summed E-state index contributed by atoms with van der Waals surface area (Å²) >= 11 is 0. The minimum absolute atomic E-state index is 0.426. The highest BCUT2D eigenvalue weighted by molar-refractivity contribution is 4.86. The molecule has 2 atom stereocenters. The van der Waals surface area contributed by atoms with Gasteiger partial charge in [0.2, 0.25) is 0 Å². The Morgan fingerprint density at radius 3 is 2.25 bits per heavy atom. The molecule has 2 unspecified atom stereocenters. The normalized spacial score (nSPS) is 36.0. The molecular formula is C7H13F. The smallest absolute Gasteiger partial charge is 0.103 e. The summed E-state index contributed by atoms with van der Waals surface area (Å²) in [4.78, 5) is 0. The summed E-state index contributed by atoms with van der Waals surface area (Å²) in [5.41, 5.74) is 0. The Kier molecular flexibility index (Phi) is 1.54. The first-order valence-electron chi connectivity index (χ1n) is 3.34. The zero-order valence-corrected chi connectivity index (χ0v) is 5.52. The van der Waals surface area contributed by atoms with Gasteiger partial charge in [0.25, 0.3) is 0 Å². The number of hydrogen-bond acceptors (Lipinski definition) is 0. The largest absolute Gasteiger partial charge is 0.247 e. The summed E-state index contributed by atoms with van der Waals surface area (Å²) in [5, 5.41) is 0. The van der Waals surface area contributed by atoms with Gasteiger partial charge in [-0.05, 0) is 24.7 Å². The fourth-order valence-corrected chi connectivity index (χ4v) is 1.06. The van der Waals surface area contributed by atoms with Gasteiger partial charge in [-0.25, -0.2) is 4.39 Å². The van der Waals surface area contributed by atoms with Crippen LogP contribution in [0.1, 0.15) is 26.7 Å². The van der Waals surface area contributed by atoms with E-state index in [9.17, 15) is 4.39 Å².